The average molecular weight is 298 g/mol. The number of aldehydes is 1. The first-order valence-electron chi connectivity index (χ1n) is 6.70. The molecule has 0 saturated carbocycles. The van der Waals surface area contributed by atoms with Crippen LogP contribution in [0, 0.1) is 11.6 Å². The maximum atomic E-state index is 13.8. The Labute approximate surface area is 125 Å². The lowest BCUT2D eigenvalue weighted by Gasteiger charge is -2.03. The van der Waals surface area contributed by atoms with E-state index in [1.807, 2.05) is 30.3 Å². The summed E-state index contributed by atoms with van der Waals surface area (Å²) in [5.74, 6) is -1.17. The van der Waals surface area contributed by atoms with Gasteiger partial charge in [0.2, 0.25) is 0 Å². The first-order chi connectivity index (χ1) is 10.7. The van der Waals surface area contributed by atoms with Crippen LogP contribution in [-0.4, -0.2) is 16.1 Å². The summed E-state index contributed by atoms with van der Waals surface area (Å²) in [4.78, 5) is 11.2. The molecule has 110 valence electrons. The molecule has 0 unspecified atom stereocenters. The van der Waals surface area contributed by atoms with Crippen LogP contribution in [0.3, 0.4) is 0 Å². The van der Waals surface area contributed by atoms with Gasteiger partial charge in [0.15, 0.2) is 6.29 Å². The molecule has 0 spiro atoms. The van der Waals surface area contributed by atoms with E-state index in [0.717, 1.165) is 23.8 Å². The summed E-state index contributed by atoms with van der Waals surface area (Å²) in [6.07, 6.45) is 2.51. The van der Waals surface area contributed by atoms with E-state index in [4.69, 9.17) is 0 Å². The van der Waals surface area contributed by atoms with Gasteiger partial charge in [0.05, 0.1) is 11.3 Å². The van der Waals surface area contributed by atoms with E-state index in [-0.39, 0.29) is 5.69 Å². The van der Waals surface area contributed by atoms with Crippen LogP contribution in [0.2, 0.25) is 0 Å². The number of rotatable bonds is 4. The van der Waals surface area contributed by atoms with Crippen molar-refractivity contribution in [3.63, 3.8) is 0 Å². The van der Waals surface area contributed by atoms with E-state index < -0.39 is 11.6 Å². The predicted octanol–water partition coefficient (Wildman–Crippen LogP) is 3.55. The second kappa shape index (κ2) is 5.89. The summed E-state index contributed by atoms with van der Waals surface area (Å²) in [6, 6.07) is 12.6. The molecule has 0 aliphatic carbocycles. The number of halogens is 2. The van der Waals surface area contributed by atoms with Crippen LogP contribution >= 0.6 is 0 Å². The van der Waals surface area contributed by atoms with Crippen LogP contribution in [0.25, 0.3) is 5.69 Å². The molecule has 0 aliphatic rings. The number of benzene rings is 2. The molecule has 5 heteroatoms. The third-order valence-electron chi connectivity index (χ3n) is 3.32. The van der Waals surface area contributed by atoms with Gasteiger partial charge >= 0.3 is 0 Å². The van der Waals surface area contributed by atoms with Crippen molar-refractivity contribution >= 4 is 6.29 Å². The van der Waals surface area contributed by atoms with Crippen LogP contribution in [-0.2, 0) is 6.42 Å². The Morgan fingerprint density at radius 3 is 2.59 bits per heavy atom. The molecule has 1 heterocycles. The largest absolute Gasteiger partial charge is 0.298 e. The molecular formula is C17H12F2N2O. The Morgan fingerprint density at radius 1 is 1.09 bits per heavy atom. The summed E-state index contributed by atoms with van der Waals surface area (Å²) in [5.41, 5.74) is 1.83. The number of aromatic nitrogens is 2. The second-order valence-corrected chi connectivity index (χ2v) is 4.85. The quantitative estimate of drug-likeness (QED) is 0.690. The Bertz CT molecular complexity index is 813. The van der Waals surface area contributed by atoms with E-state index in [0.29, 0.717) is 24.0 Å². The highest BCUT2D eigenvalue weighted by atomic mass is 19.1. The van der Waals surface area contributed by atoms with Crippen molar-refractivity contribution in [2.24, 2.45) is 0 Å². The SMILES string of the molecule is O=Cc1cn(-c2cc(F)ccc2F)nc1Cc1ccccc1. The van der Waals surface area contributed by atoms with Crippen LogP contribution in [0.15, 0.2) is 54.7 Å². The Morgan fingerprint density at radius 2 is 1.86 bits per heavy atom. The molecule has 0 radical (unpaired) electrons. The van der Waals surface area contributed by atoms with Gasteiger partial charge in [-0.25, -0.2) is 13.5 Å². The third-order valence-corrected chi connectivity index (χ3v) is 3.32. The molecule has 0 N–H and O–H groups in total. The zero-order chi connectivity index (χ0) is 15.5. The molecule has 1 aromatic heterocycles. The van der Waals surface area contributed by atoms with Gasteiger partial charge in [-0.3, -0.25) is 4.79 Å². The lowest BCUT2D eigenvalue weighted by Crippen LogP contribution is -2.00. The number of hydrogen-bond acceptors (Lipinski definition) is 2. The predicted molar refractivity (Wildman–Crippen MR) is 78.1 cm³/mol. The maximum absolute atomic E-state index is 13.8. The van der Waals surface area contributed by atoms with E-state index >= 15 is 0 Å². The van der Waals surface area contributed by atoms with E-state index in [9.17, 15) is 13.6 Å². The fourth-order valence-electron chi connectivity index (χ4n) is 2.23. The van der Waals surface area contributed by atoms with Crippen molar-refractivity contribution in [1.82, 2.24) is 9.78 Å². The highest BCUT2D eigenvalue weighted by molar-refractivity contribution is 5.76. The van der Waals surface area contributed by atoms with Crippen molar-refractivity contribution in [3.05, 3.63) is 83.2 Å². The first kappa shape index (κ1) is 14.1. The van der Waals surface area contributed by atoms with Gasteiger partial charge in [-0.15, -0.1) is 0 Å². The second-order valence-electron chi connectivity index (χ2n) is 4.85. The van der Waals surface area contributed by atoms with Crippen molar-refractivity contribution in [3.8, 4) is 5.69 Å². The summed E-state index contributed by atoms with van der Waals surface area (Å²) >= 11 is 0. The molecule has 0 aliphatic heterocycles. The Balaban J connectivity index is 2.01. The molecule has 0 atom stereocenters. The zero-order valence-corrected chi connectivity index (χ0v) is 11.5. The third kappa shape index (κ3) is 2.79. The minimum absolute atomic E-state index is 0.0255. The molecule has 0 amide bonds. The molecule has 3 rings (SSSR count). The summed E-state index contributed by atoms with van der Waals surface area (Å²) in [6.45, 7) is 0. The minimum atomic E-state index is -0.604. The molecule has 0 saturated heterocycles. The summed E-state index contributed by atoms with van der Waals surface area (Å²) < 4.78 is 28.3. The van der Waals surface area contributed by atoms with E-state index in [1.165, 1.54) is 10.9 Å². The Kier molecular flexibility index (Phi) is 3.78. The van der Waals surface area contributed by atoms with Gasteiger partial charge in [-0.05, 0) is 17.7 Å². The van der Waals surface area contributed by atoms with Crippen LogP contribution in [0.1, 0.15) is 21.6 Å². The van der Waals surface area contributed by atoms with Gasteiger partial charge in [-0.2, -0.15) is 5.10 Å². The molecule has 3 aromatic rings. The van der Waals surface area contributed by atoms with Gasteiger partial charge < -0.3 is 0 Å². The van der Waals surface area contributed by atoms with Crippen LogP contribution < -0.4 is 0 Å². The van der Waals surface area contributed by atoms with Gasteiger partial charge in [-0.1, -0.05) is 30.3 Å². The summed E-state index contributed by atoms with van der Waals surface area (Å²) in [5, 5.41) is 4.23. The number of carbonyl (C=O) groups excluding carboxylic acids is 1. The monoisotopic (exact) mass is 298 g/mol. The number of nitrogens with zero attached hydrogens (tertiary/aromatic N) is 2. The van der Waals surface area contributed by atoms with Gasteiger partial charge in [0.1, 0.15) is 17.3 Å². The average Bonchev–Trinajstić information content (AvgIpc) is 2.93. The molecule has 3 nitrogen and oxygen atoms in total. The first-order valence-corrected chi connectivity index (χ1v) is 6.70. The van der Waals surface area contributed by atoms with Gasteiger partial charge in [0, 0.05) is 18.7 Å². The Hall–Kier alpha value is -2.82. The topological polar surface area (TPSA) is 34.9 Å². The van der Waals surface area contributed by atoms with Gasteiger partial charge in [0.25, 0.3) is 0 Å². The molecule has 0 bridgehead atoms. The number of hydrogen-bond donors (Lipinski definition) is 0. The fraction of sp³-hybridized carbons (Fsp3) is 0.0588. The minimum Gasteiger partial charge on any atom is -0.298 e. The fourth-order valence-corrected chi connectivity index (χ4v) is 2.23. The van der Waals surface area contributed by atoms with Crippen molar-refractivity contribution in [1.29, 1.82) is 0 Å². The van der Waals surface area contributed by atoms with Crippen molar-refractivity contribution in [2.75, 3.05) is 0 Å². The van der Waals surface area contributed by atoms with Crippen LogP contribution in [0.4, 0.5) is 8.78 Å². The number of carbonyl (C=O) groups is 1. The van der Waals surface area contributed by atoms with Crippen LogP contribution in [0.5, 0.6) is 0 Å². The lowest BCUT2D eigenvalue weighted by molar-refractivity contribution is 0.112. The standard InChI is InChI=1S/C17H12F2N2O/c18-14-6-7-15(19)17(9-14)21-10-13(11-22)16(20-21)8-12-4-2-1-3-5-12/h1-7,9-11H,8H2. The smallest absolute Gasteiger partial charge is 0.153 e. The molecular weight excluding hydrogens is 286 g/mol. The van der Waals surface area contributed by atoms with Crippen molar-refractivity contribution in [2.45, 2.75) is 6.42 Å². The summed E-state index contributed by atoms with van der Waals surface area (Å²) in [7, 11) is 0. The highest BCUT2D eigenvalue weighted by Gasteiger charge is 2.13. The molecule has 22 heavy (non-hydrogen) atoms. The van der Waals surface area contributed by atoms with E-state index in [2.05, 4.69) is 5.10 Å². The zero-order valence-electron chi connectivity index (χ0n) is 11.5. The molecule has 0 fully saturated rings. The van der Waals surface area contributed by atoms with Crippen molar-refractivity contribution < 1.29 is 13.6 Å². The highest BCUT2D eigenvalue weighted by Crippen LogP contribution is 2.18. The molecule has 2 aromatic carbocycles. The lowest BCUT2D eigenvalue weighted by atomic mass is 10.1. The normalized spacial score (nSPS) is 10.6. The van der Waals surface area contributed by atoms with E-state index in [1.54, 1.807) is 0 Å². The maximum Gasteiger partial charge on any atom is 0.153 e.